The monoisotopic (exact) mass is 343 g/mol. The average molecular weight is 343 g/mol. The second-order valence-corrected chi connectivity index (χ2v) is 6.70. The highest BCUT2D eigenvalue weighted by Gasteiger charge is 2.54. The predicted octanol–water partition coefficient (Wildman–Crippen LogP) is 0.563. The van der Waals surface area contributed by atoms with Crippen LogP contribution in [0.4, 0.5) is 0 Å². The number of rotatable bonds is 5. The molecule has 0 radical (unpaired) electrons. The van der Waals surface area contributed by atoms with Gasteiger partial charge in [-0.2, -0.15) is 0 Å². The minimum Gasteiger partial charge on any atom is -0.384 e. The molecule has 1 amide bonds. The van der Waals surface area contributed by atoms with Gasteiger partial charge >= 0.3 is 0 Å². The Morgan fingerprint density at radius 3 is 3.12 bits per heavy atom. The summed E-state index contributed by atoms with van der Waals surface area (Å²) in [4.78, 5) is 29.2. The number of carbonyl (C=O) groups excluding carboxylic acids is 1. The smallest absolute Gasteiger partial charge is 0.261 e. The maximum absolute atomic E-state index is 12.5. The van der Waals surface area contributed by atoms with Gasteiger partial charge in [-0.1, -0.05) is 12.1 Å². The van der Waals surface area contributed by atoms with Crippen LogP contribution in [-0.2, 0) is 20.8 Å². The van der Waals surface area contributed by atoms with Gasteiger partial charge in [0.05, 0.1) is 29.9 Å². The first-order valence-electron chi connectivity index (χ1n) is 8.53. The molecule has 1 N–H and O–H groups in total. The summed E-state index contributed by atoms with van der Waals surface area (Å²) in [5.41, 5.74) is 0.430. The van der Waals surface area contributed by atoms with Crippen molar-refractivity contribution in [2.24, 2.45) is 11.8 Å². The molecule has 1 aliphatic carbocycles. The number of aromatic nitrogens is 2. The molecule has 1 aromatic heterocycles. The lowest BCUT2D eigenvalue weighted by atomic mass is 9.67. The van der Waals surface area contributed by atoms with Crippen LogP contribution in [0, 0.1) is 11.8 Å². The molecule has 7 heteroatoms. The summed E-state index contributed by atoms with van der Waals surface area (Å²) >= 11 is 0. The SMILES string of the molecule is COC[C@@H]1[C@@H](NC(=O)Cn2cnc3ccccc3c2=O)[C@@H]2CCO[C@H]12. The fourth-order valence-electron chi connectivity index (χ4n) is 4.04. The summed E-state index contributed by atoms with van der Waals surface area (Å²) in [6, 6.07) is 7.17. The van der Waals surface area contributed by atoms with E-state index in [1.165, 1.54) is 10.9 Å². The number of hydrogen-bond donors (Lipinski definition) is 1. The molecule has 2 aromatic rings. The van der Waals surface area contributed by atoms with Crippen molar-refractivity contribution in [2.45, 2.75) is 25.1 Å². The van der Waals surface area contributed by atoms with E-state index in [4.69, 9.17) is 9.47 Å². The van der Waals surface area contributed by atoms with Crippen LogP contribution >= 0.6 is 0 Å². The van der Waals surface area contributed by atoms with E-state index in [-0.39, 0.29) is 36.1 Å². The lowest BCUT2D eigenvalue weighted by molar-refractivity contribution is -0.130. The molecule has 2 heterocycles. The number of para-hydroxylation sites is 1. The predicted molar refractivity (Wildman–Crippen MR) is 91.1 cm³/mol. The maximum atomic E-state index is 12.5. The van der Waals surface area contributed by atoms with Gasteiger partial charge in [-0.25, -0.2) is 4.98 Å². The minimum atomic E-state index is -0.204. The highest BCUT2D eigenvalue weighted by atomic mass is 16.5. The number of methoxy groups -OCH3 is 1. The van der Waals surface area contributed by atoms with Gasteiger partial charge in [0.15, 0.2) is 0 Å². The van der Waals surface area contributed by atoms with Gasteiger partial charge in [-0.05, 0) is 18.6 Å². The number of ether oxygens (including phenoxy) is 2. The molecule has 1 aromatic carbocycles. The first-order chi connectivity index (χ1) is 12.2. The van der Waals surface area contributed by atoms with Crippen molar-refractivity contribution in [3.05, 3.63) is 40.9 Å². The number of nitrogens with one attached hydrogen (secondary N) is 1. The van der Waals surface area contributed by atoms with Crippen molar-refractivity contribution in [3.8, 4) is 0 Å². The van der Waals surface area contributed by atoms with Crippen molar-refractivity contribution < 1.29 is 14.3 Å². The van der Waals surface area contributed by atoms with Gasteiger partial charge < -0.3 is 14.8 Å². The van der Waals surface area contributed by atoms with Gasteiger partial charge in [0.2, 0.25) is 5.91 Å². The number of nitrogens with zero attached hydrogens (tertiary/aromatic N) is 2. The van der Waals surface area contributed by atoms with E-state index in [0.717, 1.165) is 13.0 Å². The molecule has 4 rings (SSSR count). The largest absolute Gasteiger partial charge is 0.384 e. The van der Waals surface area contributed by atoms with Gasteiger partial charge in [-0.3, -0.25) is 14.2 Å². The quantitative estimate of drug-likeness (QED) is 0.858. The Kier molecular flexibility index (Phi) is 4.27. The van der Waals surface area contributed by atoms with Crippen LogP contribution in [0.5, 0.6) is 0 Å². The summed E-state index contributed by atoms with van der Waals surface area (Å²) in [5.74, 6) is 0.332. The molecule has 0 bridgehead atoms. The topological polar surface area (TPSA) is 82.5 Å². The molecule has 1 aliphatic heterocycles. The summed E-state index contributed by atoms with van der Waals surface area (Å²) in [6.45, 7) is 1.25. The third kappa shape index (κ3) is 2.83. The fraction of sp³-hybridized carbons (Fsp3) is 0.500. The average Bonchev–Trinajstić information content (AvgIpc) is 3.05. The van der Waals surface area contributed by atoms with Gasteiger partial charge in [0.25, 0.3) is 5.56 Å². The fourth-order valence-corrected chi connectivity index (χ4v) is 4.04. The summed E-state index contributed by atoms with van der Waals surface area (Å²) in [7, 11) is 1.65. The Bertz CT molecular complexity index is 850. The van der Waals surface area contributed by atoms with Crippen LogP contribution in [0.1, 0.15) is 6.42 Å². The number of fused-ring (bicyclic) bond motifs is 2. The molecule has 25 heavy (non-hydrogen) atoms. The van der Waals surface area contributed by atoms with Crippen LogP contribution in [0.2, 0.25) is 0 Å². The molecule has 0 unspecified atom stereocenters. The molecule has 2 aliphatic rings. The van der Waals surface area contributed by atoms with Crippen molar-refractivity contribution in [3.63, 3.8) is 0 Å². The van der Waals surface area contributed by atoms with Crippen LogP contribution in [0.25, 0.3) is 10.9 Å². The zero-order valence-electron chi connectivity index (χ0n) is 14.1. The van der Waals surface area contributed by atoms with Gasteiger partial charge in [0.1, 0.15) is 6.54 Å². The standard InChI is InChI=1S/C18H21N3O4/c1-24-9-13-16(12-6-7-25-17(12)13)20-15(22)8-21-10-19-14-5-3-2-4-11(14)18(21)23/h2-5,10,12-13,16-17H,6-9H2,1H3,(H,20,22)/t12-,13+,16-,17-/m0/s1. The molecule has 4 atom stereocenters. The first kappa shape index (κ1) is 16.2. The molecule has 1 saturated heterocycles. The number of carbonyl (C=O) groups is 1. The van der Waals surface area contributed by atoms with Crippen LogP contribution in [0.3, 0.4) is 0 Å². The summed E-state index contributed by atoms with van der Waals surface area (Å²) < 4.78 is 12.3. The lowest BCUT2D eigenvalue weighted by Gasteiger charge is -2.47. The van der Waals surface area contributed by atoms with E-state index in [0.29, 0.717) is 23.4 Å². The minimum absolute atomic E-state index is 0.0366. The number of amides is 1. The highest BCUT2D eigenvalue weighted by molar-refractivity contribution is 5.79. The Morgan fingerprint density at radius 1 is 1.44 bits per heavy atom. The van der Waals surface area contributed by atoms with Crippen molar-refractivity contribution >= 4 is 16.8 Å². The Morgan fingerprint density at radius 2 is 2.28 bits per heavy atom. The van der Waals surface area contributed by atoms with E-state index in [1.54, 1.807) is 25.3 Å². The van der Waals surface area contributed by atoms with E-state index < -0.39 is 0 Å². The normalized spacial score (nSPS) is 27.7. The van der Waals surface area contributed by atoms with E-state index in [1.807, 2.05) is 6.07 Å². The number of benzene rings is 1. The molecule has 7 nitrogen and oxygen atoms in total. The highest BCUT2D eigenvalue weighted by Crippen LogP contribution is 2.43. The second kappa shape index (κ2) is 6.57. The molecule has 132 valence electrons. The lowest BCUT2D eigenvalue weighted by Crippen LogP contribution is -2.63. The van der Waals surface area contributed by atoms with Crippen molar-refractivity contribution in [1.82, 2.24) is 14.9 Å². The van der Waals surface area contributed by atoms with E-state index in [9.17, 15) is 9.59 Å². The molecule has 2 fully saturated rings. The van der Waals surface area contributed by atoms with E-state index in [2.05, 4.69) is 10.3 Å². The first-order valence-corrected chi connectivity index (χ1v) is 8.53. The Labute approximate surface area is 145 Å². The zero-order chi connectivity index (χ0) is 17.4. The third-order valence-corrected chi connectivity index (χ3v) is 5.26. The maximum Gasteiger partial charge on any atom is 0.261 e. The summed E-state index contributed by atoms with van der Waals surface area (Å²) in [6.07, 6.45) is 2.56. The second-order valence-electron chi connectivity index (χ2n) is 6.70. The summed E-state index contributed by atoms with van der Waals surface area (Å²) in [5, 5.41) is 3.58. The van der Waals surface area contributed by atoms with E-state index >= 15 is 0 Å². The Hall–Kier alpha value is -2.25. The van der Waals surface area contributed by atoms with Crippen molar-refractivity contribution in [2.75, 3.05) is 20.3 Å². The van der Waals surface area contributed by atoms with Crippen LogP contribution in [-0.4, -0.2) is 47.9 Å². The van der Waals surface area contributed by atoms with Crippen LogP contribution < -0.4 is 10.9 Å². The zero-order valence-corrected chi connectivity index (χ0v) is 14.1. The molecule has 1 saturated carbocycles. The van der Waals surface area contributed by atoms with Crippen LogP contribution in [0.15, 0.2) is 35.4 Å². The number of hydrogen-bond acceptors (Lipinski definition) is 5. The van der Waals surface area contributed by atoms with Gasteiger partial charge in [-0.15, -0.1) is 0 Å². The molecular weight excluding hydrogens is 322 g/mol. The molecular formula is C18H21N3O4. The molecule has 0 spiro atoms. The van der Waals surface area contributed by atoms with Crippen molar-refractivity contribution in [1.29, 1.82) is 0 Å². The van der Waals surface area contributed by atoms with Gasteiger partial charge in [0, 0.05) is 31.6 Å². The Balaban J connectivity index is 1.47. The third-order valence-electron chi connectivity index (χ3n) is 5.26.